The molecule has 0 spiro atoms. The van der Waals surface area contributed by atoms with Gasteiger partial charge in [-0.15, -0.1) is 0 Å². The van der Waals surface area contributed by atoms with Crippen LogP contribution in [0.5, 0.6) is 0 Å². The van der Waals surface area contributed by atoms with Crippen molar-refractivity contribution in [2.45, 2.75) is 40.2 Å². The summed E-state index contributed by atoms with van der Waals surface area (Å²) >= 11 is 0. The Bertz CT molecular complexity index is 388. The van der Waals surface area contributed by atoms with Crippen LogP contribution in [0.25, 0.3) is 0 Å². The summed E-state index contributed by atoms with van der Waals surface area (Å²) in [6.07, 6.45) is 1.10. The van der Waals surface area contributed by atoms with Crippen molar-refractivity contribution in [3.63, 3.8) is 0 Å². The molecule has 5 nitrogen and oxygen atoms in total. The molecule has 1 heterocycles. The first-order valence-corrected chi connectivity index (χ1v) is 6.48. The maximum Gasteiger partial charge on any atom is 0.224 e. The lowest BCUT2D eigenvalue weighted by Gasteiger charge is -2.20. The first-order chi connectivity index (χ1) is 8.58. The van der Waals surface area contributed by atoms with E-state index in [1.165, 1.54) is 0 Å². The van der Waals surface area contributed by atoms with Gasteiger partial charge in [0.2, 0.25) is 5.91 Å². The van der Waals surface area contributed by atoms with Gasteiger partial charge in [0.15, 0.2) is 0 Å². The maximum atomic E-state index is 12.0. The highest BCUT2D eigenvalue weighted by atomic mass is 16.3. The molecular weight excluding hydrogens is 230 g/mol. The Hall–Kier alpha value is -1.36. The van der Waals surface area contributed by atoms with E-state index >= 15 is 0 Å². The van der Waals surface area contributed by atoms with Crippen molar-refractivity contribution in [2.24, 2.45) is 0 Å². The van der Waals surface area contributed by atoms with Crippen molar-refractivity contribution >= 4 is 5.91 Å². The Balaban J connectivity index is 2.46. The molecule has 0 aromatic carbocycles. The van der Waals surface area contributed by atoms with Crippen LogP contribution >= 0.6 is 0 Å². The molecule has 0 aliphatic carbocycles. The van der Waals surface area contributed by atoms with Gasteiger partial charge >= 0.3 is 0 Å². The summed E-state index contributed by atoms with van der Waals surface area (Å²) in [5.41, 5.74) is 2.06. The summed E-state index contributed by atoms with van der Waals surface area (Å²) in [5.74, 6) is 0.124. The van der Waals surface area contributed by atoms with E-state index < -0.39 is 0 Å². The SMILES string of the molecule is CCN(CCCO)C(=O)CCn1nc(C)cc1C. The van der Waals surface area contributed by atoms with Crippen LogP contribution in [0, 0.1) is 13.8 Å². The van der Waals surface area contributed by atoms with E-state index in [0.29, 0.717) is 32.5 Å². The molecule has 0 saturated carbocycles. The second-order valence-corrected chi connectivity index (χ2v) is 4.45. The minimum atomic E-state index is 0.124. The van der Waals surface area contributed by atoms with E-state index in [4.69, 9.17) is 5.11 Å². The molecule has 1 rings (SSSR count). The topological polar surface area (TPSA) is 58.4 Å². The zero-order valence-electron chi connectivity index (χ0n) is 11.5. The molecule has 0 unspecified atom stereocenters. The van der Waals surface area contributed by atoms with Crippen molar-refractivity contribution in [2.75, 3.05) is 19.7 Å². The Morgan fingerprint density at radius 3 is 2.72 bits per heavy atom. The Morgan fingerprint density at radius 1 is 1.50 bits per heavy atom. The van der Waals surface area contributed by atoms with Gasteiger partial charge < -0.3 is 10.0 Å². The first-order valence-electron chi connectivity index (χ1n) is 6.48. The van der Waals surface area contributed by atoms with Gasteiger partial charge in [-0.3, -0.25) is 9.48 Å². The quantitative estimate of drug-likeness (QED) is 0.792. The van der Waals surface area contributed by atoms with Gasteiger partial charge in [-0.05, 0) is 33.3 Å². The molecule has 1 aromatic heterocycles. The number of aliphatic hydroxyl groups excluding tert-OH is 1. The number of aryl methyl sites for hydroxylation is 3. The number of amides is 1. The van der Waals surface area contributed by atoms with Crippen molar-refractivity contribution < 1.29 is 9.90 Å². The number of carbonyl (C=O) groups is 1. The molecule has 1 aromatic rings. The van der Waals surface area contributed by atoms with Gasteiger partial charge in [-0.2, -0.15) is 5.10 Å². The summed E-state index contributed by atoms with van der Waals surface area (Å²) in [6.45, 7) is 7.96. The van der Waals surface area contributed by atoms with E-state index in [0.717, 1.165) is 11.4 Å². The van der Waals surface area contributed by atoms with Crippen LogP contribution in [0.4, 0.5) is 0 Å². The third kappa shape index (κ3) is 4.14. The fraction of sp³-hybridized carbons (Fsp3) is 0.692. The lowest BCUT2D eigenvalue weighted by Crippen LogP contribution is -2.32. The number of carbonyl (C=O) groups excluding carboxylic acids is 1. The lowest BCUT2D eigenvalue weighted by molar-refractivity contribution is -0.131. The average molecular weight is 253 g/mol. The first kappa shape index (κ1) is 14.7. The maximum absolute atomic E-state index is 12.0. The summed E-state index contributed by atoms with van der Waals surface area (Å²) in [5, 5.41) is 13.1. The zero-order chi connectivity index (χ0) is 13.5. The van der Waals surface area contributed by atoms with E-state index in [2.05, 4.69) is 5.10 Å². The largest absolute Gasteiger partial charge is 0.396 e. The van der Waals surface area contributed by atoms with Gasteiger partial charge in [0.25, 0.3) is 0 Å². The van der Waals surface area contributed by atoms with Crippen molar-refractivity contribution in [3.05, 3.63) is 17.5 Å². The number of hydrogen-bond donors (Lipinski definition) is 1. The molecule has 0 atom stereocenters. The number of aliphatic hydroxyl groups is 1. The van der Waals surface area contributed by atoms with Gasteiger partial charge in [0.05, 0.1) is 5.69 Å². The van der Waals surface area contributed by atoms with Gasteiger partial charge in [-0.25, -0.2) is 0 Å². The summed E-state index contributed by atoms with van der Waals surface area (Å²) in [6, 6.07) is 2.01. The fourth-order valence-electron chi connectivity index (χ4n) is 1.98. The van der Waals surface area contributed by atoms with Crippen LogP contribution in [-0.4, -0.2) is 45.4 Å². The number of hydrogen-bond acceptors (Lipinski definition) is 3. The highest BCUT2D eigenvalue weighted by Crippen LogP contribution is 2.04. The zero-order valence-corrected chi connectivity index (χ0v) is 11.5. The normalized spacial score (nSPS) is 10.7. The predicted octanol–water partition coefficient (Wildman–Crippen LogP) is 1.12. The molecule has 0 aliphatic heterocycles. The van der Waals surface area contributed by atoms with E-state index in [-0.39, 0.29) is 12.5 Å². The Morgan fingerprint density at radius 2 is 2.22 bits per heavy atom. The van der Waals surface area contributed by atoms with Crippen LogP contribution < -0.4 is 0 Å². The van der Waals surface area contributed by atoms with E-state index in [1.807, 2.05) is 31.5 Å². The molecule has 18 heavy (non-hydrogen) atoms. The molecule has 0 saturated heterocycles. The average Bonchev–Trinajstić information content (AvgIpc) is 2.66. The Labute approximate surface area is 108 Å². The van der Waals surface area contributed by atoms with Crippen molar-refractivity contribution in [1.29, 1.82) is 0 Å². The van der Waals surface area contributed by atoms with Crippen LogP contribution in [0.3, 0.4) is 0 Å². The molecule has 1 N–H and O–H groups in total. The second kappa shape index (κ2) is 7.16. The van der Waals surface area contributed by atoms with Gasteiger partial charge in [0, 0.05) is 38.4 Å². The van der Waals surface area contributed by atoms with Crippen molar-refractivity contribution in [3.8, 4) is 0 Å². The van der Waals surface area contributed by atoms with Crippen LogP contribution in [0.1, 0.15) is 31.2 Å². The second-order valence-electron chi connectivity index (χ2n) is 4.45. The smallest absolute Gasteiger partial charge is 0.224 e. The summed E-state index contributed by atoms with van der Waals surface area (Å²) in [4.78, 5) is 13.8. The van der Waals surface area contributed by atoms with Crippen LogP contribution in [0.15, 0.2) is 6.07 Å². The third-order valence-corrected chi connectivity index (χ3v) is 2.96. The predicted molar refractivity (Wildman–Crippen MR) is 70.3 cm³/mol. The number of rotatable bonds is 7. The molecule has 0 bridgehead atoms. The Kier molecular flexibility index (Phi) is 5.85. The molecule has 0 aliphatic rings. The van der Waals surface area contributed by atoms with Gasteiger partial charge in [0.1, 0.15) is 0 Å². The molecule has 5 heteroatoms. The molecule has 1 amide bonds. The lowest BCUT2D eigenvalue weighted by atomic mass is 10.3. The molecule has 102 valence electrons. The minimum Gasteiger partial charge on any atom is -0.396 e. The number of nitrogens with zero attached hydrogens (tertiary/aromatic N) is 3. The van der Waals surface area contributed by atoms with Crippen LogP contribution in [-0.2, 0) is 11.3 Å². The molecule has 0 radical (unpaired) electrons. The highest BCUT2D eigenvalue weighted by Gasteiger charge is 2.11. The van der Waals surface area contributed by atoms with Gasteiger partial charge in [-0.1, -0.05) is 0 Å². The molecule has 0 fully saturated rings. The monoisotopic (exact) mass is 253 g/mol. The highest BCUT2D eigenvalue weighted by molar-refractivity contribution is 5.76. The third-order valence-electron chi connectivity index (χ3n) is 2.96. The van der Waals surface area contributed by atoms with Crippen molar-refractivity contribution in [1.82, 2.24) is 14.7 Å². The number of aromatic nitrogens is 2. The fourth-order valence-corrected chi connectivity index (χ4v) is 1.98. The molecular formula is C13H23N3O2. The van der Waals surface area contributed by atoms with E-state index in [9.17, 15) is 4.79 Å². The standard InChI is InChI=1S/C13H23N3O2/c1-4-15(7-5-9-17)13(18)6-8-16-12(3)10-11(2)14-16/h10,17H,4-9H2,1-3H3. The van der Waals surface area contributed by atoms with Crippen LogP contribution in [0.2, 0.25) is 0 Å². The summed E-state index contributed by atoms with van der Waals surface area (Å²) < 4.78 is 1.87. The minimum absolute atomic E-state index is 0.124. The van der Waals surface area contributed by atoms with E-state index in [1.54, 1.807) is 4.90 Å². The summed E-state index contributed by atoms with van der Waals surface area (Å²) in [7, 11) is 0.